The summed E-state index contributed by atoms with van der Waals surface area (Å²) in [5.74, 6) is -0.0944. The first-order valence-electron chi connectivity index (χ1n) is 6.13. The lowest BCUT2D eigenvalue weighted by molar-refractivity contribution is -0.131. The zero-order chi connectivity index (χ0) is 13.7. The van der Waals surface area contributed by atoms with E-state index in [9.17, 15) is 4.79 Å². The number of amides is 1. The van der Waals surface area contributed by atoms with Crippen LogP contribution in [0.2, 0.25) is 0 Å². The monoisotopic (exact) mass is 255 g/mol. The average Bonchev–Trinajstić information content (AvgIpc) is 2.47. The van der Waals surface area contributed by atoms with Crippen molar-refractivity contribution in [3.05, 3.63) is 66.0 Å². The highest BCUT2D eigenvalue weighted by molar-refractivity contribution is 5.82. The Morgan fingerprint density at radius 2 is 1.84 bits per heavy atom. The van der Waals surface area contributed by atoms with E-state index in [2.05, 4.69) is 4.98 Å². The van der Waals surface area contributed by atoms with Gasteiger partial charge in [0.25, 0.3) is 0 Å². The summed E-state index contributed by atoms with van der Waals surface area (Å²) in [6.07, 6.45) is 3.43. The van der Waals surface area contributed by atoms with Crippen LogP contribution >= 0.6 is 0 Å². The van der Waals surface area contributed by atoms with E-state index in [0.717, 1.165) is 11.1 Å². The fraction of sp³-hybridized carbons (Fsp3) is 0.200. The number of aromatic nitrogens is 1. The van der Waals surface area contributed by atoms with Crippen LogP contribution in [0.3, 0.4) is 0 Å². The molecule has 0 bridgehead atoms. The van der Waals surface area contributed by atoms with E-state index in [-0.39, 0.29) is 5.91 Å². The van der Waals surface area contributed by atoms with Gasteiger partial charge < -0.3 is 10.6 Å². The summed E-state index contributed by atoms with van der Waals surface area (Å²) in [6.45, 7) is 0.530. The normalized spacial score (nSPS) is 11.9. The summed E-state index contributed by atoms with van der Waals surface area (Å²) < 4.78 is 0. The largest absolute Gasteiger partial charge is 0.340 e. The molecule has 4 heteroatoms. The van der Waals surface area contributed by atoms with E-state index in [1.165, 1.54) is 0 Å². The van der Waals surface area contributed by atoms with Crippen LogP contribution in [0.25, 0.3) is 0 Å². The summed E-state index contributed by atoms with van der Waals surface area (Å²) in [7, 11) is 1.76. The van der Waals surface area contributed by atoms with Gasteiger partial charge in [0.15, 0.2) is 0 Å². The topological polar surface area (TPSA) is 59.2 Å². The van der Waals surface area contributed by atoms with Crippen molar-refractivity contribution >= 4 is 5.91 Å². The van der Waals surface area contributed by atoms with Crippen molar-refractivity contribution in [2.75, 3.05) is 7.05 Å². The van der Waals surface area contributed by atoms with Crippen molar-refractivity contribution in [2.45, 2.75) is 12.6 Å². The third-order valence-corrected chi connectivity index (χ3v) is 2.97. The molecule has 0 fully saturated rings. The summed E-state index contributed by atoms with van der Waals surface area (Å²) >= 11 is 0. The molecule has 1 amide bonds. The van der Waals surface area contributed by atoms with Crippen LogP contribution < -0.4 is 5.73 Å². The number of hydrogen-bond donors (Lipinski definition) is 1. The molecule has 0 saturated carbocycles. The van der Waals surface area contributed by atoms with Crippen LogP contribution in [0, 0.1) is 0 Å². The first-order valence-corrected chi connectivity index (χ1v) is 6.13. The average molecular weight is 255 g/mol. The first kappa shape index (κ1) is 13.2. The Kier molecular flexibility index (Phi) is 4.26. The maximum Gasteiger partial charge on any atom is 0.244 e. The quantitative estimate of drug-likeness (QED) is 0.905. The van der Waals surface area contributed by atoms with E-state index < -0.39 is 6.04 Å². The van der Waals surface area contributed by atoms with E-state index in [4.69, 9.17) is 5.73 Å². The molecule has 0 aliphatic carbocycles. The van der Waals surface area contributed by atoms with Gasteiger partial charge in [-0.25, -0.2) is 0 Å². The summed E-state index contributed by atoms with van der Waals surface area (Å²) in [6, 6.07) is 12.5. The van der Waals surface area contributed by atoms with E-state index >= 15 is 0 Å². The van der Waals surface area contributed by atoms with Crippen LogP contribution in [-0.4, -0.2) is 22.8 Å². The van der Waals surface area contributed by atoms with Gasteiger partial charge in [-0.3, -0.25) is 9.78 Å². The number of pyridine rings is 1. The minimum atomic E-state index is -0.618. The third kappa shape index (κ3) is 3.39. The van der Waals surface area contributed by atoms with E-state index in [1.54, 1.807) is 24.3 Å². The van der Waals surface area contributed by atoms with Gasteiger partial charge in [-0.05, 0) is 23.3 Å². The molecule has 19 heavy (non-hydrogen) atoms. The Labute approximate surface area is 112 Å². The standard InChI is InChI=1S/C15H17N3O/c1-18(11-12-7-9-17-10-8-12)15(19)14(16)13-5-3-2-4-6-13/h2-10,14H,11,16H2,1H3. The number of carbonyl (C=O) groups is 1. The summed E-state index contributed by atoms with van der Waals surface area (Å²) in [5.41, 5.74) is 7.85. The minimum absolute atomic E-state index is 0.0944. The number of rotatable bonds is 4. The van der Waals surface area contributed by atoms with Crippen LogP contribution in [0.15, 0.2) is 54.9 Å². The molecule has 1 aromatic heterocycles. The highest BCUT2D eigenvalue weighted by Crippen LogP contribution is 2.13. The van der Waals surface area contributed by atoms with Crippen molar-refractivity contribution < 1.29 is 4.79 Å². The summed E-state index contributed by atoms with van der Waals surface area (Å²) in [5, 5.41) is 0. The van der Waals surface area contributed by atoms with Crippen molar-refractivity contribution in [3.8, 4) is 0 Å². The highest BCUT2D eigenvalue weighted by Gasteiger charge is 2.19. The maximum atomic E-state index is 12.2. The maximum absolute atomic E-state index is 12.2. The SMILES string of the molecule is CN(Cc1ccncc1)C(=O)C(N)c1ccccc1. The molecule has 0 radical (unpaired) electrons. The van der Waals surface area contributed by atoms with Crippen molar-refractivity contribution in [3.63, 3.8) is 0 Å². The molecule has 0 aliphatic rings. The van der Waals surface area contributed by atoms with Gasteiger partial charge in [-0.1, -0.05) is 30.3 Å². The molecule has 2 N–H and O–H groups in total. The lowest BCUT2D eigenvalue weighted by Crippen LogP contribution is -2.35. The van der Waals surface area contributed by atoms with E-state index in [1.807, 2.05) is 42.5 Å². The molecule has 1 atom stereocenters. The number of hydrogen-bond acceptors (Lipinski definition) is 3. The summed E-state index contributed by atoms with van der Waals surface area (Å²) in [4.78, 5) is 17.8. The molecule has 2 aromatic rings. The Morgan fingerprint density at radius 1 is 1.21 bits per heavy atom. The molecule has 1 aromatic carbocycles. The van der Waals surface area contributed by atoms with E-state index in [0.29, 0.717) is 6.54 Å². The lowest BCUT2D eigenvalue weighted by Gasteiger charge is -2.21. The van der Waals surface area contributed by atoms with Gasteiger partial charge in [-0.15, -0.1) is 0 Å². The van der Waals surface area contributed by atoms with Crippen molar-refractivity contribution in [2.24, 2.45) is 5.73 Å². The van der Waals surface area contributed by atoms with Gasteiger partial charge in [0.2, 0.25) is 5.91 Å². The minimum Gasteiger partial charge on any atom is -0.340 e. The number of carbonyl (C=O) groups excluding carboxylic acids is 1. The Bertz CT molecular complexity index is 528. The first-order chi connectivity index (χ1) is 9.18. The molecular formula is C15H17N3O. The van der Waals surface area contributed by atoms with Crippen molar-refractivity contribution in [1.29, 1.82) is 0 Å². The lowest BCUT2D eigenvalue weighted by atomic mass is 10.1. The fourth-order valence-electron chi connectivity index (χ4n) is 1.88. The van der Waals surface area contributed by atoms with Gasteiger partial charge in [0.05, 0.1) is 0 Å². The molecule has 4 nitrogen and oxygen atoms in total. The highest BCUT2D eigenvalue weighted by atomic mass is 16.2. The Balaban J connectivity index is 2.03. The van der Waals surface area contributed by atoms with Gasteiger partial charge in [0.1, 0.15) is 6.04 Å². The zero-order valence-electron chi connectivity index (χ0n) is 10.9. The van der Waals surface area contributed by atoms with Crippen LogP contribution in [0.5, 0.6) is 0 Å². The Morgan fingerprint density at radius 3 is 2.47 bits per heavy atom. The molecule has 0 spiro atoms. The molecule has 1 unspecified atom stereocenters. The predicted molar refractivity (Wildman–Crippen MR) is 74.1 cm³/mol. The van der Waals surface area contributed by atoms with Crippen LogP contribution in [0.1, 0.15) is 17.2 Å². The molecule has 98 valence electrons. The molecule has 2 rings (SSSR count). The number of nitrogens with two attached hydrogens (primary N) is 1. The smallest absolute Gasteiger partial charge is 0.244 e. The second-order valence-electron chi connectivity index (χ2n) is 4.44. The zero-order valence-corrected chi connectivity index (χ0v) is 10.9. The van der Waals surface area contributed by atoms with Gasteiger partial charge in [0, 0.05) is 26.0 Å². The molecule has 1 heterocycles. The van der Waals surface area contributed by atoms with Crippen LogP contribution in [-0.2, 0) is 11.3 Å². The Hall–Kier alpha value is -2.20. The second-order valence-corrected chi connectivity index (χ2v) is 4.44. The van der Waals surface area contributed by atoms with Crippen LogP contribution in [0.4, 0.5) is 0 Å². The number of nitrogens with zero attached hydrogens (tertiary/aromatic N) is 2. The third-order valence-electron chi connectivity index (χ3n) is 2.97. The molecule has 0 aliphatic heterocycles. The number of likely N-dealkylation sites (N-methyl/N-ethyl adjacent to an activating group) is 1. The fourth-order valence-corrected chi connectivity index (χ4v) is 1.88. The van der Waals surface area contributed by atoms with Crippen molar-refractivity contribution in [1.82, 2.24) is 9.88 Å². The molecular weight excluding hydrogens is 238 g/mol. The predicted octanol–water partition coefficient (Wildman–Crippen LogP) is 1.74. The second kappa shape index (κ2) is 6.11. The van der Waals surface area contributed by atoms with Gasteiger partial charge in [-0.2, -0.15) is 0 Å². The number of benzene rings is 1. The molecule has 0 saturated heterocycles. The van der Waals surface area contributed by atoms with Gasteiger partial charge >= 0.3 is 0 Å².